The van der Waals surface area contributed by atoms with Crippen LogP contribution < -0.4 is 0 Å². The molecule has 100 valence electrons. The van der Waals surface area contributed by atoms with E-state index in [1.54, 1.807) is 12.4 Å². The summed E-state index contributed by atoms with van der Waals surface area (Å²) < 4.78 is 0. The van der Waals surface area contributed by atoms with Gasteiger partial charge >= 0.3 is 17.1 Å². The van der Waals surface area contributed by atoms with Gasteiger partial charge in [-0.25, -0.2) is 0 Å². The first-order valence-electron chi connectivity index (χ1n) is 6.11. The van der Waals surface area contributed by atoms with Gasteiger partial charge in [-0.05, 0) is 75.5 Å². The zero-order valence-electron chi connectivity index (χ0n) is 11.1. The Labute approximate surface area is 133 Å². The van der Waals surface area contributed by atoms with E-state index in [-0.39, 0.29) is 17.1 Å². The molecule has 0 spiro atoms. The second-order valence-electron chi connectivity index (χ2n) is 4.17. The summed E-state index contributed by atoms with van der Waals surface area (Å²) in [4.78, 5) is 14.8. The molecule has 0 bridgehead atoms. The molecule has 0 saturated heterocycles. The molecule has 1 heterocycles. The number of pyridine rings is 1. The van der Waals surface area contributed by atoms with Crippen LogP contribution in [0.4, 0.5) is 0 Å². The van der Waals surface area contributed by atoms with Gasteiger partial charge in [-0.3, -0.25) is 4.98 Å². The smallest absolute Gasteiger partial charge is 0.303 e. The van der Waals surface area contributed by atoms with Crippen molar-refractivity contribution in [2.75, 3.05) is 0 Å². The Balaban J connectivity index is 0.000000283. The molecule has 0 unspecified atom stereocenters. The molecule has 3 rings (SSSR count). The molecule has 2 aliphatic carbocycles. The van der Waals surface area contributed by atoms with Gasteiger partial charge in [-0.1, -0.05) is 0 Å². The molecule has 20 heavy (non-hydrogen) atoms. The molecule has 2 saturated carbocycles. The summed E-state index contributed by atoms with van der Waals surface area (Å²) in [7, 11) is 0. The molecule has 0 atom stereocenters. The summed E-state index contributed by atoms with van der Waals surface area (Å²) in [5, 5.41) is 0. The maximum absolute atomic E-state index is 10.8. The van der Waals surface area contributed by atoms with Crippen LogP contribution >= 0.6 is 0 Å². The van der Waals surface area contributed by atoms with Gasteiger partial charge in [0.25, 0.3) is 0 Å². The maximum Gasteiger partial charge on any atom is 2.00 e. The number of aryl methyl sites for hydroxylation is 1. The number of rotatable bonds is 2. The van der Waals surface area contributed by atoms with Crippen LogP contribution in [0.25, 0.3) is 0 Å². The van der Waals surface area contributed by atoms with Crippen LogP contribution in [-0.4, -0.2) is 11.3 Å². The molecule has 3 heteroatoms. The van der Waals surface area contributed by atoms with Crippen LogP contribution in [0, 0.1) is 70.1 Å². The van der Waals surface area contributed by atoms with Crippen molar-refractivity contribution in [1.82, 2.24) is 4.98 Å². The predicted molar refractivity (Wildman–Crippen MR) is 75.0 cm³/mol. The second-order valence-corrected chi connectivity index (χ2v) is 4.17. The number of hydrogen-bond acceptors (Lipinski definition) is 2. The Bertz CT molecular complexity index is 396. The minimum atomic E-state index is 0. The summed E-state index contributed by atoms with van der Waals surface area (Å²) in [6.07, 6.45) is 20.1. The van der Waals surface area contributed by atoms with Crippen LogP contribution in [0.3, 0.4) is 0 Å². The summed E-state index contributed by atoms with van der Waals surface area (Å²) in [6.45, 7) is 2.01. The van der Waals surface area contributed by atoms with Gasteiger partial charge in [0.15, 0.2) is 0 Å². The van der Waals surface area contributed by atoms with Crippen LogP contribution in [0.5, 0.6) is 0 Å². The number of aromatic nitrogens is 1. The van der Waals surface area contributed by atoms with E-state index in [1.165, 1.54) is 0 Å². The van der Waals surface area contributed by atoms with E-state index < -0.39 is 0 Å². The monoisotopic (exact) mass is 305 g/mol. The molecule has 1 aromatic heterocycles. The topological polar surface area (TPSA) is 30.0 Å². The van der Waals surface area contributed by atoms with E-state index in [4.69, 9.17) is 0 Å². The van der Waals surface area contributed by atoms with E-state index in [0.29, 0.717) is 0 Å². The molecule has 10 radical (unpaired) electrons. The fraction of sp³-hybridized carbons (Fsp3) is 0.0588. The largest absolute Gasteiger partial charge is 2.00 e. The van der Waals surface area contributed by atoms with E-state index in [1.807, 2.05) is 64.4 Å². The predicted octanol–water partition coefficient (Wildman–Crippen LogP) is 2.73. The van der Waals surface area contributed by atoms with E-state index in [0.717, 1.165) is 29.2 Å². The Kier molecular flexibility index (Phi) is 8.09. The third-order valence-electron chi connectivity index (χ3n) is 2.86. The van der Waals surface area contributed by atoms with Crippen LogP contribution in [0.1, 0.15) is 11.1 Å². The molecule has 0 aliphatic heterocycles. The zero-order chi connectivity index (χ0) is 13.5. The molecule has 0 aromatic carbocycles. The molecule has 1 aromatic rings. The third kappa shape index (κ3) is 4.71. The fourth-order valence-corrected chi connectivity index (χ4v) is 1.85. The quantitative estimate of drug-likeness (QED) is 0.621. The number of hydrogen-bond donors (Lipinski definition) is 0. The van der Waals surface area contributed by atoms with Crippen molar-refractivity contribution in [3.05, 3.63) is 92.8 Å². The van der Waals surface area contributed by atoms with E-state index >= 15 is 0 Å². The molecule has 2 nitrogen and oxygen atoms in total. The van der Waals surface area contributed by atoms with Gasteiger partial charge in [0.05, 0.1) is 5.92 Å². The first-order valence-corrected chi connectivity index (χ1v) is 6.11. The minimum Gasteiger partial charge on any atom is -0.303 e. The Morgan fingerprint density at radius 1 is 1.00 bits per heavy atom. The summed E-state index contributed by atoms with van der Waals surface area (Å²) in [6, 6.07) is 1.94. The van der Waals surface area contributed by atoms with Crippen molar-refractivity contribution in [3.8, 4) is 0 Å². The Morgan fingerprint density at radius 2 is 1.65 bits per heavy atom. The Morgan fingerprint density at radius 3 is 2.20 bits per heavy atom. The average molecular weight is 305 g/mol. The van der Waals surface area contributed by atoms with Gasteiger partial charge in [-0.15, -0.1) is 0 Å². The summed E-state index contributed by atoms with van der Waals surface area (Å²) in [5.74, 6) is 1.69. The molecule has 0 N–H and O–H groups in total. The first-order chi connectivity index (χ1) is 9.33. The normalized spacial score (nSPS) is 19.1. The molecular formula is C17H15FeNO+2. The molecular weight excluding hydrogens is 290 g/mol. The standard InChI is InChI=1S/C12H10NO.C5H5.Fe/c1-9-5-6-13-7-12(9)11-4-2-3-10(11)8-14;1-2-4-5-3-1;/h2-8H,1H3;1-5H;/q;;+2. The van der Waals surface area contributed by atoms with Crippen LogP contribution in [-0.2, 0) is 21.9 Å². The van der Waals surface area contributed by atoms with Gasteiger partial charge in [0, 0.05) is 18.3 Å². The van der Waals surface area contributed by atoms with Gasteiger partial charge in [-0.2, -0.15) is 0 Å². The Hall–Kier alpha value is -0.661. The maximum atomic E-state index is 10.8. The minimum absolute atomic E-state index is 0. The number of carbonyl (C=O) groups is 1. The average Bonchev–Trinajstić information content (AvgIpc) is 3.13. The number of aldehydes is 1. The number of nitrogens with zero attached hydrogens (tertiary/aromatic N) is 1. The van der Waals surface area contributed by atoms with Gasteiger partial charge < -0.3 is 4.79 Å². The number of carbonyl (C=O) groups excluding carboxylic acids is 1. The van der Waals surface area contributed by atoms with Gasteiger partial charge in [0.2, 0.25) is 0 Å². The summed E-state index contributed by atoms with van der Waals surface area (Å²) >= 11 is 0. The first kappa shape index (κ1) is 17.4. The molecule has 2 fully saturated rings. The van der Waals surface area contributed by atoms with E-state index in [2.05, 4.69) is 4.98 Å². The van der Waals surface area contributed by atoms with Crippen molar-refractivity contribution in [2.24, 2.45) is 0 Å². The fourth-order valence-electron chi connectivity index (χ4n) is 1.85. The SMILES string of the molecule is Cc1ccncc1[C]1[CH][CH][CH][C]1C=O.[CH]1[CH][CH][CH][CH]1.[Fe+2]. The van der Waals surface area contributed by atoms with Crippen molar-refractivity contribution >= 4 is 6.29 Å². The molecule has 0 amide bonds. The second kappa shape index (κ2) is 9.31. The molecule has 2 aliphatic rings. The third-order valence-corrected chi connectivity index (χ3v) is 2.86. The van der Waals surface area contributed by atoms with Crippen LogP contribution in [0.2, 0.25) is 0 Å². The van der Waals surface area contributed by atoms with E-state index in [9.17, 15) is 4.79 Å². The van der Waals surface area contributed by atoms with Crippen molar-refractivity contribution in [1.29, 1.82) is 0 Å². The zero-order valence-corrected chi connectivity index (χ0v) is 12.2. The van der Waals surface area contributed by atoms with Crippen molar-refractivity contribution in [3.63, 3.8) is 0 Å². The summed E-state index contributed by atoms with van der Waals surface area (Å²) in [5.41, 5.74) is 2.16. The van der Waals surface area contributed by atoms with Crippen molar-refractivity contribution < 1.29 is 21.9 Å². The van der Waals surface area contributed by atoms with Crippen LogP contribution in [0.15, 0.2) is 18.5 Å². The van der Waals surface area contributed by atoms with Crippen molar-refractivity contribution in [2.45, 2.75) is 6.92 Å². The van der Waals surface area contributed by atoms with Gasteiger partial charge in [0.1, 0.15) is 6.29 Å².